The van der Waals surface area contributed by atoms with Gasteiger partial charge in [0.2, 0.25) is 0 Å². The molecule has 0 saturated carbocycles. The highest BCUT2D eigenvalue weighted by Crippen LogP contribution is 2.43. The highest BCUT2D eigenvalue weighted by molar-refractivity contribution is 7.21. The summed E-state index contributed by atoms with van der Waals surface area (Å²) in [5, 5.41) is 11.5. The molecule has 1 aromatic carbocycles. The third-order valence-corrected chi connectivity index (χ3v) is 6.85. The molecular formula is C25H20F3N7O2S. The van der Waals surface area contributed by atoms with E-state index in [1.807, 2.05) is 19.9 Å². The summed E-state index contributed by atoms with van der Waals surface area (Å²) in [6, 6.07) is 12.6. The number of nitrogens with one attached hydrogen (secondary N) is 1. The third kappa shape index (κ3) is 4.75. The van der Waals surface area contributed by atoms with Gasteiger partial charge in [-0.25, -0.2) is 9.67 Å². The van der Waals surface area contributed by atoms with Crippen LogP contribution in [0.4, 0.5) is 18.9 Å². The van der Waals surface area contributed by atoms with E-state index in [1.165, 1.54) is 10.7 Å². The first kappa shape index (κ1) is 25.1. The minimum atomic E-state index is -4.73. The van der Waals surface area contributed by atoms with E-state index in [0.717, 1.165) is 17.5 Å². The van der Waals surface area contributed by atoms with Crippen molar-refractivity contribution in [2.75, 3.05) is 5.32 Å². The highest BCUT2D eigenvalue weighted by atomic mass is 32.1. The van der Waals surface area contributed by atoms with E-state index in [2.05, 4.69) is 20.5 Å². The summed E-state index contributed by atoms with van der Waals surface area (Å²) in [4.78, 5) is 29.0. The molecule has 3 N–H and O–H groups in total. The molecule has 0 atom stereocenters. The van der Waals surface area contributed by atoms with Crippen molar-refractivity contribution < 1.29 is 22.8 Å². The first-order valence-corrected chi connectivity index (χ1v) is 12.1. The number of fused-ring (bicyclic) bond motifs is 1. The van der Waals surface area contributed by atoms with Crippen LogP contribution >= 0.6 is 11.3 Å². The Morgan fingerprint density at radius 3 is 2.45 bits per heavy atom. The number of hydrogen-bond donors (Lipinski definition) is 2. The molecule has 0 saturated heterocycles. The van der Waals surface area contributed by atoms with Crippen molar-refractivity contribution in [2.45, 2.75) is 26.7 Å². The molecule has 0 radical (unpaired) electrons. The van der Waals surface area contributed by atoms with Gasteiger partial charge >= 0.3 is 6.18 Å². The van der Waals surface area contributed by atoms with Crippen LogP contribution in [0.5, 0.6) is 0 Å². The van der Waals surface area contributed by atoms with E-state index >= 15 is 0 Å². The number of aromatic nitrogens is 5. The number of hydrogen-bond acceptors (Lipinski definition) is 6. The van der Waals surface area contributed by atoms with Crippen molar-refractivity contribution in [1.82, 2.24) is 24.5 Å². The van der Waals surface area contributed by atoms with E-state index in [9.17, 15) is 22.8 Å². The average molecular weight is 540 g/mol. The standard InChI is InChI=1S/C25H20F3N7O2S/c1-13-10-14(2)35(32-13)12-34-9-8-17(33-34)23(37)31-20-19-16(15-6-4-3-5-7-15)11-18(25(26,27)28)30-24(19)38-21(20)22(29)36/h3-11H,12H2,1-2H3,(H2,29,36)(H,31,37). The van der Waals surface area contributed by atoms with E-state index in [0.29, 0.717) is 16.9 Å². The molecule has 0 spiro atoms. The van der Waals surface area contributed by atoms with Crippen LogP contribution in [0.25, 0.3) is 21.3 Å². The Bertz CT molecular complexity index is 1690. The van der Waals surface area contributed by atoms with Gasteiger partial charge in [0, 0.05) is 17.3 Å². The fourth-order valence-corrected chi connectivity index (χ4v) is 5.08. The van der Waals surface area contributed by atoms with Crippen molar-refractivity contribution >= 4 is 39.1 Å². The van der Waals surface area contributed by atoms with E-state index in [-0.39, 0.29) is 38.7 Å². The van der Waals surface area contributed by atoms with E-state index < -0.39 is 23.7 Å². The molecule has 0 aliphatic carbocycles. The number of nitrogens with zero attached hydrogens (tertiary/aromatic N) is 5. The molecule has 5 rings (SSSR count). The molecule has 0 aliphatic heterocycles. The number of halogens is 3. The van der Waals surface area contributed by atoms with Crippen LogP contribution in [0.2, 0.25) is 0 Å². The lowest BCUT2D eigenvalue weighted by atomic mass is 10.0. The number of aryl methyl sites for hydroxylation is 2. The van der Waals surface area contributed by atoms with Gasteiger partial charge in [0.1, 0.15) is 22.1 Å². The van der Waals surface area contributed by atoms with Crippen molar-refractivity contribution in [3.8, 4) is 11.1 Å². The number of anilines is 1. The molecule has 5 aromatic rings. The van der Waals surface area contributed by atoms with Gasteiger partial charge in [-0.15, -0.1) is 11.3 Å². The fraction of sp³-hybridized carbons (Fsp3) is 0.160. The van der Waals surface area contributed by atoms with Crippen LogP contribution in [0.1, 0.15) is 37.2 Å². The molecule has 13 heteroatoms. The second kappa shape index (κ2) is 9.41. The number of primary amides is 1. The number of rotatable bonds is 6. The predicted octanol–water partition coefficient (Wildman–Crippen LogP) is 4.85. The minimum Gasteiger partial charge on any atom is -0.365 e. The smallest absolute Gasteiger partial charge is 0.365 e. The average Bonchev–Trinajstić information content (AvgIpc) is 3.56. The highest BCUT2D eigenvalue weighted by Gasteiger charge is 2.35. The number of nitrogens with two attached hydrogens (primary N) is 1. The first-order chi connectivity index (χ1) is 18.0. The lowest BCUT2D eigenvalue weighted by molar-refractivity contribution is -0.140. The van der Waals surface area contributed by atoms with Crippen LogP contribution in [0.15, 0.2) is 54.7 Å². The van der Waals surface area contributed by atoms with Gasteiger partial charge in [-0.1, -0.05) is 30.3 Å². The maximum absolute atomic E-state index is 13.7. The van der Waals surface area contributed by atoms with Gasteiger partial charge in [0.05, 0.1) is 11.4 Å². The van der Waals surface area contributed by atoms with Crippen molar-refractivity contribution in [3.63, 3.8) is 0 Å². The second-order valence-corrected chi connectivity index (χ2v) is 9.53. The molecule has 4 aromatic heterocycles. The molecular weight excluding hydrogens is 519 g/mol. The van der Waals surface area contributed by atoms with Gasteiger partial charge in [-0.2, -0.15) is 23.4 Å². The Morgan fingerprint density at radius 1 is 1.08 bits per heavy atom. The Balaban J connectivity index is 1.57. The van der Waals surface area contributed by atoms with Crippen molar-refractivity contribution in [3.05, 3.63) is 82.4 Å². The summed E-state index contributed by atoms with van der Waals surface area (Å²) >= 11 is 0.682. The summed E-state index contributed by atoms with van der Waals surface area (Å²) in [7, 11) is 0. The Labute approximate surface area is 217 Å². The quantitative estimate of drug-likeness (QED) is 0.320. The number of carbonyl (C=O) groups is 2. The fourth-order valence-electron chi connectivity index (χ4n) is 4.08. The van der Waals surface area contributed by atoms with Crippen LogP contribution in [0.3, 0.4) is 0 Å². The SMILES string of the molecule is Cc1cc(C)n(Cn2ccc(C(=O)Nc3c(C(N)=O)sc4nc(C(F)(F)F)cc(-c5ccccc5)c34)n2)n1. The van der Waals surface area contributed by atoms with Gasteiger partial charge in [-0.3, -0.25) is 14.3 Å². The normalized spacial score (nSPS) is 11.7. The predicted molar refractivity (Wildman–Crippen MR) is 136 cm³/mol. The van der Waals surface area contributed by atoms with Gasteiger partial charge in [-0.05, 0) is 43.2 Å². The summed E-state index contributed by atoms with van der Waals surface area (Å²) in [5.41, 5.74) is 6.80. The molecule has 0 unspecified atom stereocenters. The van der Waals surface area contributed by atoms with Crippen LogP contribution in [-0.2, 0) is 12.8 Å². The first-order valence-electron chi connectivity index (χ1n) is 11.3. The lowest BCUT2D eigenvalue weighted by Gasteiger charge is -2.12. The maximum Gasteiger partial charge on any atom is 0.433 e. The number of thiophene rings is 1. The summed E-state index contributed by atoms with van der Waals surface area (Å²) in [5.74, 6) is -1.58. The number of carbonyl (C=O) groups excluding carboxylic acids is 2. The van der Waals surface area contributed by atoms with Gasteiger partial charge < -0.3 is 11.1 Å². The summed E-state index contributed by atoms with van der Waals surface area (Å²) in [6.07, 6.45) is -3.13. The monoisotopic (exact) mass is 539 g/mol. The Morgan fingerprint density at radius 2 is 1.82 bits per heavy atom. The second-order valence-electron chi connectivity index (χ2n) is 8.53. The zero-order chi connectivity index (χ0) is 27.2. The van der Waals surface area contributed by atoms with Gasteiger partial charge in [0.15, 0.2) is 5.69 Å². The van der Waals surface area contributed by atoms with Crippen molar-refractivity contribution in [1.29, 1.82) is 0 Å². The van der Waals surface area contributed by atoms with Crippen LogP contribution in [0, 0.1) is 13.8 Å². The number of benzene rings is 1. The number of alkyl halides is 3. The maximum atomic E-state index is 13.7. The lowest BCUT2D eigenvalue weighted by Crippen LogP contribution is -2.18. The van der Waals surface area contributed by atoms with Crippen LogP contribution in [-0.4, -0.2) is 36.4 Å². The minimum absolute atomic E-state index is 0.0179. The molecule has 0 aliphatic rings. The number of pyridine rings is 1. The molecule has 4 heterocycles. The summed E-state index contributed by atoms with van der Waals surface area (Å²) in [6.45, 7) is 4.03. The zero-order valence-corrected chi connectivity index (χ0v) is 20.9. The zero-order valence-electron chi connectivity index (χ0n) is 20.1. The topological polar surface area (TPSA) is 121 Å². The molecule has 38 heavy (non-hydrogen) atoms. The summed E-state index contributed by atoms with van der Waals surface area (Å²) < 4.78 is 44.2. The van der Waals surface area contributed by atoms with Gasteiger partial charge in [0.25, 0.3) is 11.8 Å². The Hall–Kier alpha value is -4.52. The molecule has 0 fully saturated rings. The van der Waals surface area contributed by atoms with Crippen molar-refractivity contribution in [2.24, 2.45) is 5.73 Å². The van der Waals surface area contributed by atoms with E-state index in [4.69, 9.17) is 5.73 Å². The van der Waals surface area contributed by atoms with E-state index in [1.54, 1.807) is 41.2 Å². The largest absolute Gasteiger partial charge is 0.433 e. The molecule has 194 valence electrons. The molecule has 2 amide bonds. The number of amides is 2. The third-order valence-electron chi connectivity index (χ3n) is 5.76. The van der Waals surface area contributed by atoms with Crippen LogP contribution < -0.4 is 11.1 Å². The molecule has 0 bridgehead atoms. The Kier molecular flexibility index (Phi) is 6.23. The molecule has 9 nitrogen and oxygen atoms in total.